The molecule has 27 heteroatoms. The molecule has 0 aromatic heterocycles. The van der Waals surface area contributed by atoms with Gasteiger partial charge in [-0.15, -0.1) is 0 Å². The van der Waals surface area contributed by atoms with E-state index in [9.17, 15) is 81.7 Å². The lowest BCUT2D eigenvalue weighted by Crippen LogP contribution is -2.70. The smallest absolute Gasteiger partial charge is 0.317 e. The number of rotatable bonds is 12. The van der Waals surface area contributed by atoms with Crippen molar-refractivity contribution < 1.29 is 134 Å². The minimum Gasteiger partial charge on any atom is -0.432 e. The molecule has 34 atom stereocenters. The Labute approximate surface area is 493 Å². The Bertz CT molecular complexity index is 2390. The largest absolute Gasteiger partial charge is 0.432 e. The van der Waals surface area contributed by atoms with Crippen LogP contribution < -0.4 is 0 Å². The predicted molar refractivity (Wildman–Crippen MR) is 285 cm³/mol. The van der Waals surface area contributed by atoms with Crippen LogP contribution in [-0.2, 0) is 52.2 Å². The average molecular weight is 1220 g/mol. The van der Waals surface area contributed by atoms with Gasteiger partial charge in [0.2, 0.25) is 6.29 Å². The number of aliphatic hydroxyl groups is 16. The minimum atomic E-state index is -1.98. The first-order chi connectivity index (χ1) is 39.7. The van der Waals surface area contributed by atoms with Gasteiger partial charge in [-0.2, -0.15) is 0 Å². The summed E-state index contributed by atoms with van der Waals surface area (Å²) in [5.41, 5.74) is -3.98. The molecule has 5 aliphatic carbocycles. The summed E-state index contributed by atoms with van der Waals surface area (Å²) in [6, 6.07) is 0. The van der Waals surface area contributed by atoms with Gasteiger partial charge in [0, 0.05) is 5.41 Å². The fourth-order valence-electron chi connectivity index (χ4n) is 17.6. The highest BCUT2D eigenvalue weighted by Crippen LogP contribution is 2.76. The highest BCUT2D eigenvalue weighted by Gasteiger charge is 2.73. The van der Waals surface area contributed by atoms with Crippen molar-refractivity contribution in [1.82, 2.24) is 0 Å². The van der Waals surface area contributed by atoms with Crippen molar-refractivity contribution in [2.24, 2.45) is 50.2 Å². The van der Waals surface area contributed by atoms with Gasteiger partial charge in [0.1, 0.15) is 97.0 Å². The number of allylic oxidation sites excluding steroid dienone is 2. The van der Waals surface area contributed by atoms with Gasteiger partial charge in [-0.1, -0.05) is 53.2 Å². The van der Waals surface area contributed by atoms with Crippen molar-refractivity contribution in [3.63, 3.8) is 0 Å². The molecule has 85 heavy (non-hydrogen) atoms. The SMILES string of the molecule is CC1OC(OC2C(O)COC(OC3C(C)OC(OC4C(OC(=O)C56CCC(C)(C)CC5C5=CCC7C8(C)CC(O)C(OC9OC(CO)C(O)C(O)C9O)C(C)(CO)C8CCC7(C)C5(C)CC6O)OCC(O)C4O)C(O)C3O)C2O)C(O)C(O)C1O. The van der Waals surface area contributed by atoms with Gasteiger partial charge in [0.05, 0.1) is 56.9 Å². The third-order valence-corrected chi connectivity index (χ3v) is 22.8. The lowest BCUT2D eigenvalue weighted by Gasteiger charge is -2.72. The van der Waals surface area contributed by atoms with E-state index in [1.54, 1.807) is 0 Å². The van der Waals surface area contributed by atoms with Gasteiger partial charge < -0.3 is 129 Å². The Morgan fingerprint density at radius 2 is 1.14 bits per heavy atom. The third-order valence-electron chi connectivity index (χ3n) is 22.8. The van der Waals surface area contributed by atoms with E-state index in [1.165, 1.54) is 13.8 Å². The number of carbonyl (C=O) groups is 1. The quantitative estimate of drug-likeness (QED) is 0.0504. The van der Waals surface area contributed by atoms with Gasteiger partial charge in [-0.3, -0.25) is 4.79 Å². The van der Waals surface area contributed by atoms with Crippen LogP contribution in [0.5, 0.6) is 0 Å². The molecule has 10 aliphatic rings. The molecule has 0 radical (unpaired) electrons. The fraction of sp³-hybridized carbons (Fsp3) is 0.948. The van der Waals surface area contributed by atoms with E-state index in [2.05, 4.69) is 40.7 Å². The monoisotopic (exact) mass is 1220 g/mol. The Hall–Kier alpha value is -1.79. The van der Waals surface area contributed by atoms with E-state index >= 15 is 4.79 Å². The number of hydrogen-bond acceptors (Lipinski definition) is 27. The molecule has 5 saturated heterocycles. The fourth-order valence-corrected chi connectivity index (χ4v) is 17.6. The highest BCUT2D eigenvalue weighted by atomic mass is 16.8. The summed E-state index contributed by atoms with van der Waals surface area (Å²) >= 11 is 0. The normalized spacial score (nSPS) is 56.1. The molecular formula is C58H94O27. The van der Waals surface area contributed by atoms with Crippen LogP contribution in [0.15, 0.2) is 11.6 Å². The van der Waals surface area contributed by atoms with Crippen molar-refractivity contribution >= 4 is 5.97 Å². The van der Waals surface area contributed by atoms with Crippen molar-refractivity contribution in [2.45, 2.75) is 266 Å². The van der Waals surface area contributed by atoms with Crippen LogP contribution in [0.4, 0.5) is 0 Å². The third kappa shape index (κ3) is 10.8. The van der Waals surface area contributed by atoms with Gasteiger partial charge in [0.15, 0.2) is 31.3 Å². The van der Waals surface area contributed by atoms with Crippen molar-refractivity contribution in [2.75, 3.05) is 26.4 Å². The lowest BCUT2D eigenvalue weighted by molar-refractivity contribution is -0.377. The molecule has 0 spiro atoms. The molecular weight excluding hydrogens is 1130 g/mol. The molecule has 27 nitrogen and oxygen atoms in total. The summed E-state index contributed by atoms with van der Waals surface area (Å²) in [4.78, 5) is 15.4. The molecule has 9 fully saturated rings. The van der Waals surface area contributed by atoms with Gasteiger partial charge in [0.25, 0.3) is 0 Å². The second kappa shape index (κ2) is 24.0. The lowest BCUT2D eigenvalue weighted by atomic mass is 9.33. The molecule has 5 aliphatic heterocycles. The molecule has 4 saturated carbocycles. The summed E-state index contributed by atoms with van der Waals surface area (Å²) in [5, 5.41) is 177. The van der Waals surface area contributed by atoms with Crippen LogP contribution in [0.1, 0.15) is 107 Å². The zero-order valence-corrected chi connectivity index (χ0v) is 49.5. The molecule has 0 aromatic carbocycles. The molecule has 0 amide bonds. The number of esters is 1. The Morgan fingerprint density at radius 3 is 1.80 bits per heavy atom. The standard InChI is InChI=1S/C58H94O27/c1-22-33(65)36(68)39(71)48(78-22)82-44-28(63)20-76-47(42(44)74)81-43-23(2)79-49(41(73)38(43)70)83-45-34(66)27(62)19-77-51(45)85-52(75)58-14-13-53(3,4)15-25(58)24-9-10-31-54(5)16-26(61)46(84-50-40(72)37(69)35(67)29(18-59)80-50)55(6,21-60)30(54)11-12-56(31,7)57(24,8)17-32(58)64/h9,22-23,25-51,59-74H,10-21H2,1-8H3. The van der Waals surface area contributed by atoms with Crippen LogP contribution in [0, 0.1) is 50.2 Å². The summed E-state index contributed by atoms with van der Waals surface area (Å²) in [6.45, 7) is 13.2. The second-order valence-corrected chi connectivity index (χ2v) is 28.3. The molecule has 5 heterocycles. The zero-order chi connectivity index (χ0) is 62.2. The minimum absolute atomic E-state index is 0.124. The number of ether oxygens (including phenoxy) is 10. The van der Waals surface area contributed by atoms with Crippen LogP contribution in [0.25, 0.3) is 0 Å². The first kappa shape index (κ1) is 66.1. The number of aliphatic hydroxyl groups excluding tert-OH is 16. The number of fused-ring (bicyclic) bond motifs is 7. The summed E-state index contributed by atoms with van der Waals surface area (Å²) in [7, 11) is 0. The van der Waals surface area contributed by atoms with Gasteiger partial charge in [-0.25, -0.2) is 0 Å². The van der Waals surface area contributed by atoms with Gasteiger partial charge >= 0.3 is 5.97 Å². The maximum absolute atomic E-state index is 15.4. The summed E-state index contributed by atoms with van der Waals surface area (Å²) in [6.07, 6.45) is -35.5. The van der Waals surface area contributed by atoms with Crippen molar-refractivity contribution in [3.8, 4) is 0 Å². The molecule has 0 bridgehead atoms. The van der Waals surface area contributed by atoms with Crippen LogP contribution in [0.3, 0.4) is 0 Å². The van der Waals surface area contributed by atoms with Crippen LogP contribution in [-0.4, -0.2) is 274 Å². The maximum atomic E-state index is 15.4. The topological polar surface area (TPSA) is 433 Å². The molecule has 34 unspecified atom stereocenters. The Balaban J connectivity index is 0.856. The van der Waals surface area contributed by atoms with Crippen LogP contribution >= 0.6 is 0 Å². The summed E-state index contributed by atoms with van der Waals surface area (Å²) < 4.78 is 59.0. The second-order valence-electron chi connectivity index (χ2n) is 28.3. The van der Waals surface area contributed by atoms with E-state index in [1.807, 2.05) is 6.92 Å². The van der Waals surface area contributed by atoms with Gasteiger partial charge in [-0.05, 0) is 105 Å². The van der Waals surface area contributed by atoms with E-state index in [4.69, 9.17) is 47.4 Å². The van der Waals surface area contributed by atoms with Crippen molar-refractivity contribution in [1.29, 1.82) is 0 Å². The zero-order valence-electron chi connectivity index (χ0n) is 49.5. The van der Waals surface area contributed by atoms with Crippen LogP contribution in [0.2, 0.25) is 0 Å². The highest BCUT2D eigenvalue weighted by molar-refractivity contribution is 5.80. The van der Waals surface area contributed by atoms with E-state index in [0.717, 1.165) is 5.57 Å². The first-order valence-electron chi connectivity index (χ1n) is 30.2. The molecule has 0 aromatic rings. The first-order valence-corrected chi connectivity index (χ1v) is 30.2. The van der Waals surface area contributed by atoms with E-state index < -0.39 is 225 Å². The van der Waals surface area contributed by atoms with E-state index in [0.29, 0.717) is 32.1 Å². The Kier molecular flexibility index (Phi) is 18.7. The maximum Gasteiger partial charge on any atom is 0.317 e. The summed E-state index contributed by atoms with van der Waals surface area (Å²) in [5.74, 6) is -1.84. The van der Waals surface area contributed by atoms with E-state index in [-0.39, 0.29) is 36.5 Å². The molecule has 488 valence electrons. The molecule has 10 rings (SSSR count). The number of hydrogen-bond donors (Lipinski definition) is 16. The average Bonchev–Trinajstić information content (AvgIpc) is 0.689. The molecule has 16 N–H and O–H groups in total. The number of carbonyl (C=O) groups excluding carboxylic acids is 1. The van der Waals surface area contributed by atoms with Crippen molar-refractivity contribution in [3.05, 3.63) is 11.6 Å². The Morgan fingerprint density at radius 1 is 0.553 bits per heavy atom. The predicted octanol–water partition coefficient (Wildman–Crippen LogP) is -3.96.